The summed E-state index contributed by atoms with van der Waals surface area (Å²) in [5.74, 6) is 1.46. The van der Waals surface area contributed by atoms with Gasteiger partial charge in [0.1, 0.15) is 5.75 Å². The van der Waals surface area contributed by atoms with Crippen LogP contribution < -0.4 is 15.4 Å². The third-order valence-electron chi connectivity index (χ3n) is 2.24. The Bertz CT molecular complexity index is 595. The minimum absolute atomic E-state index is 0.117. The van der Waals surface area contributed by atoms with Crippen molar-refractivity contribution in [2.24, 2.45) is 0 Å². The zero-order valence-corrected chi connectivity index (χ0v) is 12.6. The molecule has 0 aliphatic heterocycles. The summed E-state index contributed by atoms with van der Waals surface area (Å²) in [5, 5.41) is 5.96. The number of nitrogens with zero attached hydrogens (tertiary/aromatic N) is 3. The minimum atomic E-state index is 0.117. The number of ether oxygens (including phenoxy) is 1. The summed E-state index contributed by atoms with van der Waals surface area (Å²) < 4.78 is 6.08. The van der Waals surface area contributed by atoms with Crippen LogP contribution in [0.25, 0.3) is 0 Å². The fraction of sp³-hybridized carbons (Fsp3) is 0.182. The number of aromatic nitrogens is 3. The van der Waals surface area contributed by atoms with Gasteiger partial charge < -0.3 is 15.4 Å². The fourth-order valence-corrected chi connectivity index (χ4v) is 1.95. The number of hydrogen-bond acceptors (Lipinski definition) is 6. The second-order valence-corrected chi connectivity index (χ2v) is 4.67. The first-order valence-corrected chi connectivity index (χ1v) is 6.49. The topological polar surface area (TPSA) is 72.0 Å². The molecule has 19 heavy (non-hydrogen) atoms. The Labute approximate surface area is 123 Å². The Hall–Kier alpha value is -1.60. The van der Waals surface area contributed by atoms with E-state index in [0.29, 0.717) is 17.6 Å². The highest BCUT2D eigenvalue weighted by molar-refractivity contribution is 9.10. The largest absolute Gasteiger partial charge is 0.495 e. The lowest BCUT2D eigenvalue weighted by molar-refractivity contribution is 0.412. The van der Waals surface area contributed by atoms with E-state index in [1.54, 1.807) is 14.2 Å². The maximum absolute atomic E-state index is 5.80. The molecule has 0 bridgehead atoms. The summed E-state index contributed by atoms with van der Waals surface area (Å²) in [6.07, 6.45) is 0. The predicted molar refractivity (Wildman–Crippen MR) is 78.4 cm³/mol. The highest BCUT2D eigenvalue weighted by Gasteiger charge is 2.06. The van der Waals surface area contributed by atoms with Crippen LogP contribution in [0.2, 0.25) is 5.28 Å². The molecule has 0 aliphatic carbocycles. The molecule has 0 radical (unpaired) electrons. The molecular weight excluding hydrogens is 334 g/mol. The van der Waals surface area contributed by atoms with Crippen LogP contribution in [0.1, 0.15) is 0 Å². The molecule has 0 atom stereocenters. The Morgan fingerprint density at radius 2 is 1.95 bits per heavy atom. The van der Waals surface area contributed by atoms with Gasteiger partial charge in [0, 0.05) is 18.8 Å². The van der Waals surface area contributed by atoms with E-state index in [4.69, 9.17) is 16.3 Å². The van der Waals surface area contributed by atoms with Crippen molar-refractivity contribution in [1.82, 2.24) is 15.0 Å². The van der Waals surface area contributed by atoms with Crippen LogP contribution in [0.4, 0.5) is 17.6 Å². The van der Waals surface area contributed by atoms with Crippen LogP contribution in [0.5, 0.6) is 5.75 Å². The van der Waals surface area contributed by atoms with Crippen LogP contribution in [-0.2, 0) is 0 Å². The second-order valence-electron chi connectivity index (χ2n) is 3.48. The van der Waals surface area contributed by atoms with Gasteiger partial charge in [0.05, 0.1) is 11.6 Å². The smallest absolute Gasteiger partial charge is 0.233 e. The molecule has 0 fully saturated rings. The van der Waals surface area contributed by atoms with Gasteiger partial charge in [0.15, 0.2) is 0 Å². The monoisotopic (exact) mass is 343 g/mol. The maximum Gasteiger partial charge on any atom is 0.233 e. The molecule has 0 saturated heterocycles. The molecule has 100 valence electrons. The third-order valence-corrected chi connectivity index (χ3v) is 3.06. The molecule has 0 aliphatic rings. The van der Waals surface area contributed by atoms with E-state index in [1.165, 1.54) is 0 Å². The van der Waals surface area contributed by atoms with Crippen LogP contribution in [0.3, 0.4) is 0 Å². The normalized spacial score (nSPS) is 10.1. The van der Waals surface area contributed by atoms with Gasteiger partial charge in [0.2, 0.25) is 17.2 Å². The van der Waals surface area contributed by atoms with Crippen LogP contribution >= 0.6 is 27.5 Å². The maximum atomic E-state index is 5.80. The van der Waals surface area contributed by atoms with Gasteiger partial charge in [-0.05, 0) is 39.7 Å². The molecule has 6 nitrogen and oxygen atoms in total. The molecule has 8 heteroatoms. The summed E-state index contributed by atoms with van der Waals surface area (Å²) in [4.78, 5) is 12.0. The lowest BCUT2D eigenvalue weighted by atomic mass is 10.3. The molecule has 2 rings (SSSR count). The van der Waals surface area contributed by atoms with E-state index < -0.39 is 0 Å². The van der Waals surface area contributed by atoms with Crippen LogP contribution in [0.15, 0.2) is 22.7 Å². The van der Waals surface area contributed by atoms with Crippen molar-refractivity contribution in [3.05, 3.63) is 28.0 Å². The SMILES string of the molecule is CNc1nc(Cl)nc(Nc2ccc(Br)c(OC)c2)n1. The van der Waals surface area contributed by atoms with Gasteiger partial charge in [-0.1, -0.05) is 0 Å². The van der Waals surface area contributed by atoms with Gasteiger partial charge >= 0.3 is 0 Å². The molecule has 0 spiro atoms. The Kier molecular flexibility index (Phi) is 4.39. The zero-order chi connectivity index (χ0) is 13.8. The lowest BCUT2D eigenvalue weighted by Gasteiger charge is -2.09. The molecule has 0 amide bonds. The van der Waals surface area contributed by atoms with E-state index in [9.17, 15) is 0 Å². The predicted octanol–water partition coefficient (Wildman–Crippen LogP) is 3.08. The summed E-state index contributed by atoms with van der Waals surface area (Å²) in [7, 11) is 3.31. The molecule has 2 aromatic rings. The van der Waals surface area contributed by atoms with Crippen molar-refractivity contribution in [3.8, 4) is 5.75 Å². The number of halogens is 2. The Morgan fingerprint density at radius 3 is 2.63 bits per heavy atom. The second kappa shape index (κ2) is 6.03. The highest BCUT2D eigenvalue weighted by Crippen LogP contribution is 2.28. The van der Waals surface area contributed by atoms with Crippen molar-refractivity contribution in [2.75, 3.05) is 24.8 Å². The van der Waals surface area contributed by atoms with Gasteiger partial charge in [-0.25, -0.2) is 0 Å². The van der Waals surface area contributed by atoms with E-state index in [0.717, 1.165) is 10.2 Å². The Morgan fingerprint density at radius 1 is 1.21 bits per heavy atom. The first-order chi connectivity index (χ1) is 9.12. The first kappa shape index (κ1) is 13.8. The van der Waals surface area contributed by atoms with Gasteiger partial charge in [-0.3, -0.25) is 0 Å². The van der Waals surface area contributed by atoms with E-state index >= 15 is 0 Å². The Balaban J connectivity index is 2.28. The number of methoxy groups -OCH3 is 1. The summed E-state index contributed by atoms with van der Waals surface area (Å²) in [5.41, 5.74) is 0.782. The van der Waals surface area contributed by atoms with Crippen molar-refractivity contribution in [3.63, 3.8) is 0 Å². The van der Waals surface area contributed by atoms with Crippen LogP contribution in [0, 0.1) is 0 Å². The summed E-state index contributed by atoms with van der Waals surface area (Å²) in [6.45, 7) is 0. The van der Waals surface area contributed by atoms with Crippen molar-refractivity contribution in [1.29, 1.82) is 0 Å². The number of hydrogen-bond donors (Lipinski definition) is 2. The average molecular weight is 345 g/mol. The van der Waals surface area contributed by atoms with Crippen molar-refractivity contribution in [2.45, 2.75) is 0 Å². The molecular formula is C11H11BrClN5O. The van der Waals surface area contributed by atoms with Gasteiger partial charge in [0.25, 0.3) is 0 Å². The third kappa shape index (κ3) is 3.45. The van der Waals surface area contributed by atoms with E-state index in [-0.39, 0.29) is 5.28 Å². The first-order valence-electron chi connectivity index (χ1n) is 5.32. The molecule has 1 aromatic heterocycles. The molecule has 1 aromatic carbocycles. The quantitative estimate of drug-likeness (QED) is 0.888. The van der Waals surface area contributed by atoms with E-state index in [2.05, 4.69) is 41.5 Å². The zero-order valence-electron chi connectivity index (χ0n) is 10.2. The molecule has 0 unspecified atom stereocenters. The molecule has 0 saturated carbocycles. The molecule has 2 N–H and O–H groups in total. The van der Waals surface area contributed by atoms with Crippen molar-refractivity contribution < 1.29 is 4.74 Å². The minimum Gasteiger partial charge on any atom is -0.495 e. The standard InChI is InChI=1S/C11H11BrClN5O/c1-14-10-16-9(13)17-11(18-10)15-6-3-4-7(12)8(5-6)19-2/h3-5H,1-2H3,(H2,14,15,16,17,18). The van der Waals surface area contributed by atoms with Gasteiger partial charge in [-0.15, -0.1) is 0 Å². The van der Waals surface area contributed by atoms with Gasteiger partial charge in [-0.2, -0.15) is 15.0 Å². The molecule has 1 heterocycles. The average Bonchev–Trinajstić information content (AvgIpc) is 2.40. The van der Waals surface area contributed by atoms with E-state index in [1.807, 2.05) is 18.2 Å². The number of nitrogens with one attached hydrogen (secondary N) is 2. The number of anilines is 3. The lowest BCUT2D eigenvalue weighted by Crippen LogP contribution is -2.03. The van der Waals surface area contributed by atoms with Crippen LogP contribution in [-0.4, -0.2) is 29.1 Å². The summed E-state index contributed by atoms with van der Waals surface area (Å²) >= 11 is 9.19. The fourth-order valence-electron chi connectivity index (χ4n) is 1.38. The highest BCUT2D eigenvalue weighted by atomic mass is 79.9. The summed E-state index contributed by atoms with van der Waals surface area (Å²) in [6, 6.07) is 5.55. The van der Waals surface area contributed by atoms with Crippen molar-refractivity contribution >= 4 is 45.1 Å². The number of benzene rings is 1. The number of rotatable bonds is 4.